The highest BCUT2D eigenvalue weighted by Crippen LogP contribution is 2.17. The minimum atomic E-state index is 0. The molecule has 0 bridgehead atoms. The molecule has 1 saturated heterocycles. The number of hydrogen-bond acceptors (Lipinski definition) is 4. The minimum Gasteiger partial charge on any atom is -0.348 e. The van der Waals surface area contributed by atoms with Gasteiger partial charge < -0.3 is 16.0 Å². The van der Waals surface area contributed by atoms with E-state index < -0.39 is 0 Å². The Morgan fingerprint density at radius 1 is 1.36 bits per heavy atom. The summed E-state index contributed by atoms with van der Waals surface area (Å²) < 4.78 is 0. The third-order valence-electron chi connectivity index (χ3n) is 3.74. The van der Waals surface area contributed by atoms with E-state index in [1.54, 1.807) is 0 Å². The minimum absolute atomic E-state index is 0. The number of rotatable bonds is 5. The molecule has 22 heavy (non-hydrogen) atoms. The zero-order valence-electron chi connectivity index (χ0n) is 12.8. The summed E-state index contributed by atoms with van der Waals surface area (Å²) in [4.78, 5) is 27.8. The summed E-state index contributed by atoms with van der Waals surface area (Å²) in [5, 5.41) is 3.06. The van der Waals surface area contributed by atoms with Gasteiger partial charge in [-0.25, -0.2) is 0 Å². The van der Waals surface area contributed by atoms with Gasteiger partial charge in [-0.05, 0) is 44.9 Å². The van der Waals surface area contributed by atoms with Crippen LogP contribution in [0.3, 0.4) is 0 Å². The molecule has 0 spiro atoms. The molecule has 7 heteroatoms. The summed E-state index contributed by atoms with van der Waals surface area (Å²) in [6.45, 7) is 3.99. The van der Waals surface area contributed by atoms with Crippen LogP contribution in [0.1, 0.15) is 40.2 Å². The fourth-order valence-corrected chi connectivity index (χ4v) is 3.27. The van der Waals surface area contributed by atoms with Gasteiger partial charge in [-0.3, -0.25) is 9.59 Å². The normalized spacial score (nSPS) is 15.3. The highest BCUT2D eigenvalue weighted by Gasteiger charge is 2.24. The van der Waals surface area contributed by atoms with E-state index in [9.17, 15) is 9.59 Å². The van der Waals surface area contributed by atoms with Gasteiger partial charge in [-0.15, -0.1) is 23.7 Å². The molecule has 0 radical (unpaired) electrons. The Morgan fingerprint density at radius 2 is 2.05 bits per heavy atom. The zero-order chi connectivity index (χ0) is 15.2. The van der Waals surface area contributed by atoms with Crippen molar-refractivity contribution in [3.8, 4) is 0 Å². The van der Waals surface area contributed by atoms with E-state index in [1.807, 2.05) is 24.0 Å². The summed E-state index contributed by atoms with van der Waals surface area (Å²) in [5.74, 6) is 0.181. The highest BCUT2D eigenvalue weighted by molar-refractivity contribution is 7.13. The quantitative estimate of drug-likeness (QED) is 0.856. The van der Waals surface area contributed by atoms with Crippen molar-refractivity contribution < 1.29 is 9.59 Å². The Balaban J connectivity index is 0.00000242. The molecular formula is C15H24ClN3O2S. The van der Waals surface area contributed by atoms with E-state index in [0.717, 1.165) is 42.1 Å². The van der Waals surface area contributed by atoms with Crippen LogP contribution in [0.4, 0.5) is 0 Å². The molecule has 1 aromatic rings. The van der Waals surface area contributed by atoms with Crippen LogP contribution in [0.15, 0.2) is 12.1 Å². The van der Waals surface area contributed by atoms with Gasteiger partial charge in [-0.2, -0.15) is 0 Å². The predicted octanol–water partition coefficient (Wildman–Crippen LogP) is 1.94. The third-order valence-corrected chi connectivity index (χ3v) is 4.74. The van der Waals surface area contributed by atoms with Crippen molar-refractivity contribution in [3.05, 3.63) is 21.9 Å². The van der Waals surface area contributed by atoms with E-state index in [1.165, 1.54) is 11.3 Å². The van der Waals surface area contributed by atoms with Crippen LogP contribution >= 0.6 is 23.7 Å². The number of carbonyl (C=O) groups is 2. The zero-order valence-corrected chi connectivity index (χ0v) is 14.5. The third kappa shape index (κ3) is 5.26. The average molecular weight is 346 g/mol. The second-order valence-corrected chi connectivity index (χ2v) is 6.72. The SMILES string of the molecule is Cc1ccc(C(=O)NC2CCN(C(=O)CCCN)CC2)s1.Cl. The molecule has 2 amide bonds. The first-order chi connectivity index (χ1) is 10.1. The van der Waals surface area contributed by atoms with Crippen LogP contribution in [0.25, 0.3) is 0 Å². The molecule has 0 atom stereocenters. The second-order valence-electron chi connectivity index (χ2n) is 5.43. The van der Waals surface area contributed by atoms with Crippen LogP contribution in [0.2, 0.25) is 0 Å². The summed E-state index contributed by atoms with van der Waals surface area (Å²) in [7, 11) is 0. The monoisotopic (exact) mass is 345 g/mol. The van der Waals surface area contributed by atoms with E-state index in [-0.39, 0.29) is 30.3 Å². The topological polar surface area (TPSA) is 75.4 Å². The Labute approximate surface area is 141 Å². The number of thiophene rings is 1. The summed E-state index contributed by atoms with van der Waals surface area (Å²) in [6, 6.07) is 3.98. The van der Waals surface area contributed by atoms with Crippen molar-refractivity contribution in [2.75, 3.05) is 19.6 Å². The lowest BCUT2D eigenvalue weighted by molar-refractivity contribution is -0.132. The van der Waals surface area contributed by atoms with E-state index in [4.69, 9.17) is 5.73 Å². The number of nitrogens with one attached hydrogen (secondary N) is 1. The van der Waals surface area contributed by atoms with Gasteiger partial charge in [-0.1, -0.05) is 0 Å². The lowest BCUT2D eigenvalue weighted by Gasteiger charge is -2.32. The standard InChI is InChI=1S/C15H23N3O2S.ClH/c1-11-4-5-13(21-11)15(20)17-12-6-9-18(10-7-12)14(19)3-2-8-16;/h4-5,12H,2-3,6-10,16H2,1H3,(H,17,20);1H. The number of halogens is 1. The van der Waals surface area contributed by atoms with Gasteiger partial charge in [0.2, 0.25) is 5.91 Å². The Morgan fingerprint density at radius 3 is 2.59 bits per heavy atom. The van der Waals surface area contributed by atoms with Gasteiger partial charge in [0.15, 0.2) is 0 Å². The molecule has 2 heterocycles. The number of amides is 2. The highest BCUT2D eigenvalue weighted by atomic mass is 35.5. The maximum Gasteiger partial charge on any atom is 0.261 e. The number of nitrogens with two attached hydrogens (primary N) is 1. The molecule has 3 N–H and O–H groups in total. The molecule has 5 nitrogen and oxygen atoms in total. The number of nitrogens with zero attached hydrogens (tertiary/aromatic N) is 1. The van der Waals surface area contributed by atoms with Crippen LogP contribution in [0, 0.1) is 6.92 Å². The first-order valence-corrected chi connectivity index (χ1v) is 8.27. The molecule has 1 aliphatic rings. The number of likely N-dealkylation sites (tertiary alicyclic amines) is 1. The average Bonchev–Trinajstić information content (AvgIpc) is 2.92. The molecule has 0 unspecified atom stereocenters. The molecule has 124 valence electrons. The molecule has 1 fully saturated rings. The Kier molecular flexibility index (Phi) is 7.85. The second kappa shape index (κ2) is 9.12. The van der Waals surface area contributed by atoms with Gasteiger partial charge >= 0.3 is 0 Å². The first-order valence-electron chi connectivity index (χ1n) is 7.45. The van der Waals surface area contributed by atoms with Crippen molar-refractivity contribution in [2.45, 2.75) is 38.6 Å². The van der Waals surface area contributed by atoms with Gasteiger partial charge in [0, 0.05) is 30.4 Å². The predicted molar refractivity (Wildman–Crippen MR) is 91.7 cm³/mol. The van der Waals surface area contributed by atoms with Crippen LogP contribution in [0.5, 0.6) is 0 Å². The number of aryl methyl sites for hydroxylation is 1. The number of carbonyl (C=O) groups excluding carboxylic acids is 2. The van der Waals surface area contributed by atoms with Crippen molar-refractivity contribution in [3.63, 3.8) is 0 Å². The lowest BCUT2D eigenvalue weighted by atomic mass is 10.0. The van der Waals surface area contributed by atoms with Gasteiger partial charge in [0.25, 0.3) is 5.91 Å². The summed E-state index contributed by atoms with van der Waals surface area (Å²) >= 11 is 1.51. The fourth-order valence-electron chi connectivity index (χ4n) is 2.50. The van der Waals surface area contributed by atoms with E-state index >= 15 is 0 Å². The van der Waals surface area contributed by atoms with Gasteiger partial charge in [0.05, 0.1) is 4.88 Å². The smallest absolute Gasteiger partial charge is 0.261 e. The first kappa shape index (κ1) is 18.9. The maximum atomic E-state index is 12.1. The Hall–Kier alpha value is -1.11. The Bertz CT molecular complexity index is 499. The van der Waals surface area contributed by atoms with Crippen LogP contribution < -0.4 is 11.1 Å². The molecule has 1 aromatic heterocycles. The molecule has 0 saturated carbocycles. The van der Waals surface area contributed by atoms with Crippen molar-refractivity contribution in [2.24, 2.45) is 5.73 Å². The number of piperidine rings is 1. The fraction of sp³-hybridized carbons (Fsp3) is 0.600. The van der Waals surface area contributed by atoms with Crippen molar-refractivity contribution in [1.82, 2.24) is 10.2 Å². The van der Waals surface area contributed by atoms with Crippen molar-refractivity contribution >= 4 is 35.6 Å². The van der Waals surface area contributed by atoms with Crippen LogP contribution in [-0.2, 0) is 4.79 Å². The van der Waals surface area contributed by atoms with Crippen LogP contribution in [-0.4, -0.2) is 42.4 Å². The molecule has 1 aliphatic heterocycles. The molecule has 2 rings (SSSR count). The van der Waals surface area contributed by atoms with Crippen molar-refractivity contribution in [1.29, 1.82) is 0 Å². The lowest BCUT2D eigenvalue weighted by Crippen LogP contribution is -2.46. The van der Waals surface area contributed by atoms with Gasteiger partial charge in [0.1, 0.15) is 0 Å². The molecular weight excluding hydrogens is 322 g/mol. The number of hydrogen-bond donors (Lipinski definition) is 2. The molecule has 0 aromatic carbocycles. The molecule has 0 aliphatic carbocycles. The summed E-state index contributed by atoms with van der Waals surface area (Å²) in [5.41, 5.74) is 5.42. The largest absolute Gasteiger partial charge is 0.348 e. The van der Waals surface area contributed by atoms with E-state index in [0.29, 0.717) is 13.0 Å². The summed E-state index contributed by atoms with van der Waals surface area (Å²) in [6.07, 6.45) is 2.92. The van der Waals surface area contributed by atoms with E-state index in [2.05, 4.69) is 5.32 Å². The maximum absolute atomic E-state index is 12.1.